The first kappa shape index (κ1) is 11.2. The van der Waals surface area contributed by atoms with Crippen LogP contribution >= 0.6 is 0 Å². The lowest BCUT2D eigenvalue weighted by Crippen LogP contribution is -1.98. The highest BCUT2D eigenvalue weighted by Crippen LogP contribution is 2.25. The molecule has 0 radical (unpaired) electrons. The molecule has 4 nitrogen and oxygen atoms in total. The van der Waals surface area contributed by atoms with E-state index < -0.39 is 0 Å². The van der Waals surface area contributed by atoms with Crippen molar-refractivity contribution < 1.29 is 9.26 Å². The van der Waals surface area contributed by atoms with Crippen LogP contribution < -0.4 is 4.74 Å². The molecule has 0 unspecified atom stereocenters. The molecule has 1 heterocycles. The monoisotopic (exact) mass is 228 g/mol. The lowest BCUT2D eigenvalue weighted by molar-refractivity contribution is 0.300. The Morgan fingerprint density at radius 1 is 1.35 bits per heavy atom. The first-order chi connectivity index (χ1) is 8.20. The Kier molecular flexibility index (Phi) is 3.10. The fourth-order valence-corrected chi connectivity index (χ4v) is 1.70. The fraction of sp³-hybridized carbons (Fsp3) is 0.231. The number of hydrogen-bond acceptors (Lipinski definition) is 4. The van der Waals surface area contributed by atoms with Gasteiger partial charge in [0.2, 0.25) is 0 Å². The molecule has 0 saturated heterocycles. The second-order valence-corrected chi connectivity index (χ2v) is 3.87. The molecule has 0 N–H and O–H groups in total. The Morgan fingerprint density at radius 3 is 2.59 bits per heavy atom. The van der Waals surface area contributed by atoms with Crippen LogP contribution in [0.15, 0.2) is 29.1 Å². The molecule has 2 aromatic rings. The molecule has 86 valence electrons. The second-order valence-electron chi connectivity index (χ2n) is 3.87. The van der Waals surface area contributed by atoms with Gasteiger partial charge >= 0.3 is 0 Å². The van der Waals surface area contributed by atoms with Crippen molar-refractivity contribution in [2.75, 3.05) is 0 Å². The van der Waals surface area contributed by atoms with Gasteiger partial charge in [0.05, 0.1) is 17.8 Å². The Morgan fingerprint density at radius 2 is 2.06 bits per heavy atom. The molecule has 0 atom stereocenters. The highest BCUT2D eigenvalue weighted by atomic mass is 16.5. The van der Waals surface area contributed by atoms with Gasteiger partial charge in [-0.15, -0.1) is 0 Å². The molecule has 0 amide bonds. The fourth-order valence-electron chi connectivity index (χ4n) is 1.70. The maximum absolute atomic E-state index is 8.85. The summed E-state index contributed by atoms with van der Waals surface area (Å²) in [6.45, 7) is 4.27. The summed E-state index contributed by atoms with van der Waals surface area (Å²) in [4.78, 5) is 0. The molecule has 0 aliphatic heterocycles. The van der Waals surface area contributed by atoms with Crippen LogP contribution in [0.5, 0.6) is 5.75 Å². The van der Waals surface area contributed by atoms with E-state index in [1.54, 1.807) is 12.5 Å². The zero-order valence-corrected chi connectivity index (χ0v) is 9.73. The van der Waals surface area contributed by atoms with Gasteiger partial charge in [-0.2, -0.15) is 5.26 Å². The van der Waals surface area contributed by atoms with Crippen LogP contribution in [0.3, 0.4) is 0 Å². The van der Waals surface area contributed by atoms with Crippen molar-refractivity contribution in [2.45, 2.75) is 20.5 Å². The van der Waals surface area contributed by atoms with Crippen LogP contribution in [0.4, 0.5) is 0 Å². The quantitative estimate of drug-likeness (QED) is 0.810. The third-order valence-corrected chi connectivity index (χ3v) is 2.46. The Balaban J connectivity index is 2.19. The third kappa shape index (κ3) is 2.45. The molecule has 1 aromatic carbocycles. The molecule has 0 saturated carbocycles. The Labute approximate surface area is 99.4 Å². The summed E-state index contributed by atoms with van der Waals surface area (Å²) in [5.41, 5.74) is 3.45. The van der Waals surface area contributed by atoms with E-state index in [-0.39, 0.29) is 0 Å². The van der Waals surface area contributed by atoms with Crippen LogP contribution in [0.25, 0.3) is 0 Å². The van der Waals surface area contributed by atoms with Gasteiger partial charge in [-0.3, -0.25) is 0 Å². The van der Waals surface area contributed by atoms with Crippen molar-refractivity contribution >= 4 is 0 Å². The van der Waals surface area contributed by atoms with Gasteiger partial charge in [-0.1, -0.05) is 5.16 Å². The van der Waals surface area contributed by atoms with Crippen molar-refractivity contribution in [3.8, 4) is 11.8 Å². The van der Waals surface area contributed by atoms with Crippen LogP contribution in [0.2, 0.25) is 0 Å². The van der Waals surface area contributed by atoms with E-state index >= 15 is 0 Å². The molecule has 1 aromatic heterocycles. The van der Waals surface area contributed by atoms with Crippen LogP contribution in [-0.4, -0.2) is 5.16 Å². The number of aryl methyl sites for hydroxylation is 2. The van der Waals surface area contributed by atoms with Gasteiger partial charge in [-0.25, -0.2) is 0 Å². The van der Waals surface area contributed by atoms with Gasteiger partial charge in [0.25, 0.3) is 0 Å². The minimum atomic E-state index is 0.414. The maximum Gasteiger partial charge on any atom is 0.130 e. The lowest BCUT2D eigenvalue weighted by Gasteiger charge is -2.11. The largest absolute Gasteiger partial charge is 0.488 e. The highest BCUT2D eigenvalue weighted by Gasteiger charge is 2.07. The molecular weight excluding hydrogens is 216 g/mol. The average molecular weight is 228 g/mol. The van der Waals surface area contributed by atoms with E-state index in [0.29, 0.717) is 12.2 Å². The molecule has 0 aliphatic carbocycles. The number of hydrogen-bond donors (Lipinski definition) is 0. The normalized spacial score (nSPS) is 9.94. The number of benzene rings is 1. The maximum atomic E-state index is 8.85. The SMILES string of the molecule is Cc1cc(C#N)cc(C)c1OCc1cnoc1. The molecule has 4 heteroatoms. The van der Waals surface area contributed by atoms with Crippen molar-refractivity contribution in [3.63, 3.8) is 0 Å². The van der Waals surface area contributed by atoms with E-state index in [4.69, 9.17) is 14.5 Å². The topological polar surface area (TPSA) is 59.0 Å². The first-order valence-corrected chi connectivity index (χ1v) is 5.23. The van der Waals surface area contributed by atoms with Crippen molar-refractivity contribution in [3.05, 3.63) is 46.8 Å². The summed E-state index contributed by atoms with van der Waals surface area (Å²) in [6, 6.07) is 5.76. The zero-order chi connectivity index (χ0) is 12.3. The van der Waals surface area contributed by atoms with Gasteiger partial charge in [0, 0.05) is 5.56 Å². The summed E-state index contributed by atoms with van der Waals surface area (Å²) in [7, 11) is 0. The second kappa shape index (κ2) is 4.71. The standard InChI is InChI=1S/C13H12N2O2/c1-9-3-11(5-14)4-10(2)13(9)16-7-12-6-15-17-8-12/h3-4,6,8H,7H2,1-2H3. The molecule has 0 bridgehead atoms. The van der Waals surface area contributed by atoms with E-state index in [0.717, 1.165) is 22.4 Å². The zero-order valence-electron chi connectivity index (χ0n) is 9.73. The molecule has 0 spiro atoms. The predicted molar refractivity (Wildman–Crippen MR) is 61.5 cm³/mol. The van der Waals surface area contributed by atoms with E-state index in [1.807, 2.05) is 26.0 Å². The third-order valence-electron chi connectivity index (χ3n) is 2.46. The van der Waals surface area contributed by atoms with E-state index in [1.165, 1.54) is 0 Å². The van der Waals surface area contributed by atoms with Gasteiger partial charge < -0.3 is 9.26 Å². The van der Waals surface area contributed by atoms with Gasteiger partial charge in [0.1, 0.15) is 18.6 Å². The van der Waals surface area contributed by atoms with Crippen molar-refractivity contribution in [2.24, 2.45) is 0 Å². The summed E-state index contributed by atoms with van der Waals surface area (Å²) in [6.07, 6.45) is 3.17. The van der Waals surface area contributed by atoms with E-state index in [9.17, 15) is 0 Å². The highest BCUT2D eigenvalue weighted by molar-refractivity contribution is 5.47. The van der Waals surface area contributed by atoms with E-state index in [2.05, 4.69) is 11.2 Å². The Hall–Kier alpha value is -2.28. The molecule has 2 rings (SSSR count). The van der Waals surface area contributed by atoms with Crippen LogP contribution in [0, 0.1) is 25.2 Å². The Bertz CT molecular complexity index is 530. The number of rotatable bonds is 3. The molecular formula is C13H12N2O2. The summed E-state index contributed by atoms with van der Waals surface area (Å²) < 4.78 is 10.4. The number of nitriles is 1. The van der Waals surface area contributed by atoms with Crippen molar-refractivity contribution in [1.82, 2.24) is 5.16 Å². The lowest BCUT2D eigenvalue weighted by atomic mass is 10.1. The number of nitrogens with zero attached hydrogens (tertiary/aromatic N) is 2. The minimum Gasteiger partial charge on any atom is -0.488 e. The smallest absolute Gasteiger partial charge is 0.130 e. The van der Waals surface area contributed by atoms with Gasteiger partial charge in [-0.05, 0) is 37.1 Å². The first-order valence-electron chi connectivity index (χ1n) is 5.23. The predicted octanol–water partition coefficient (Wildman–Crippen LogP) is 2.74. The molecule has 0 aliphatic rings. The summed E-state index contributed by atoms with van der Waals surface area (Å²) in [5, 5.41) is 12.5. The summed E-state index contributed by atoms with van der Waals surface area (Å²) in [5.74, 6) is 0.810. The molecule has 0 fully saturated rings. The van der Waals surface area contributed by atoms with Crippen LogP contribution in [0.1, 0.15) is 22.3 Å². The number of aromatic nitrogens is 1. The molecule has 17 heavy (non-hydrogen) atoms. The summed E-state index contributed by atoms with van der Waals surface area (Å²) >= 11 is 0. The average Bonchev–Trinajstić information content (AvgIpc) is 2.80. The van der Waals surface area contributed by atoms with Crippen molar-refractivity contribution in [1.29, 1.82) is 5.26 Å². The number of ether oxygens (including phenoxy) is 1. The minimum absolute atomic E-state index is 0.414. The van der Waals surface area contributed by atoms with Gasteiger partial charge in [0.15, 0.2) is 0 Å². The van der Waals surface area contributed by atoms with Crippen LogP contribution in [-0.2, 0) is 6.61 Å².